The summed E-state index contributed by atoms with van der Waals surface area (Å²) in [5.74, 6) is 0.727. The molecule has 0 aliphatic carbocycles. The van der Waals surface area contributed by atoms with E-state index in [1.54, 1.807) is 43.8 Å². The minimum atomic E-state index is -0.382. The van der Waals surface area contributed by atoms with E-state index in [4.69, 9.17) is 13.9 Å². The van der Waals surface area contributed by atoms with Crippen molar-refractivity contribution in [1.82, 2.24) is 20.2 Å². The van der Waals surface area contributed by atoms with Crippen molar-refractivity contribution >= 4 is 21.6 Å². The Balaban J connectivity index is 1.53. The third-order valence-corrected chi connectivity index (χ3v) is 7.34. The molecule has 3 aromatic heterocycles. The maximum atomic E-state index is 11.5. The lowest BCUT2D eigenvalue weighted by molar-refractivity contribution is 0.395. The Kier molecular flexibility index (Phi) is 7.41. The number of fused-ring (bicyclic) bond motifs is 1. The van der Waals surface area contributed by atoms with Gasteiger partial charge in [0, 0.05) is 12.8 Å². The third kappa shape index (κ3) is 4.87. The quantitative estimate of drug-likeness (QED) is 0.224. The van der Waals surface area contributed by atoms with Crippen LogP contribution in [0.25, 0.3) is 32.8 Å². The number of aromatic hydroxyl groups is 2. The zero-order valence-electron chi connectivity index (χ0n) is 21.4. The molecule has 0 radical (unpaired) electrons. The van der Waals surface area contributed by atoms with Crippen LogP contribution >= 0.6 is 11.3 Å². The Morgan fingerprint density at radius 2 is 1.61 bits per heavy atom. The molecule has 2 N–H and O–H groups in total. The molecule has 38 heavy (non-hydrogen) atoms. The summed E-state index contributed by atoms with van der Waals surface area (Å²) in [5, 5.41) is 31.7. The van der Waals surface area contributed by atoms with Crippen LogP contribution in [0.2, 0.25) is 0 Å². The summed E-state index contributed by atoms with van der Waals surface area (Å²) >= 11 is 1.62. The molecule has 0 amide bonds. The number of benzene rings is 2. The lowest BCUT2D eigenvalue weighted by Crippen LogP contribution is -2.01. The van der Waals surface area contributed by atoms with Crippen LogP contribution in [-0.4, -0.2) is 44.6 Å². The van der Waals surface area contributed by atoms with Gasteiger partial charge in [-0.2, -0.15) is 0 Å². The van der Waals surface area contributed by atoms with Gasteiger partial charge in [0.2, 0.25) is 11.8 Å². The van der Waals surface area contributed by atoms with E-state index in [1.165, 1.54) is 0 Å². The predicted octanol–water partition coefficient (Wildman–Crippen LogP) is 5.96. The monoisotopic (exact) mass is 532 g/mol. The van der Waals surface area contributed by atoms with Crippen LogP contribution in [0.1, 0.15) is 36.4 Å². The summed E-state index contributed by atoms with van der Waals surface area (Å²) in [4.78, 5) is 9.10. The maximum absolute atomic E-state index is 11.5. The molecule has 0 unspecified atom stereocenters. The molecule has 5 aromatic rings. The second kappa shape index (κ2) is 11.1. The van der Waals surface area contributed by atoms with Crippen LogP contribution in [0.5, 0.6) is 23.1 Å². The molecule has 9 nitrogen and oxygen atoms in total. The fourth-order valence-corrected chi connectivity index (χ4v) is 5.35. The second-order valence-electron chi connectivity index (χ2n) is 8.70. The molecule has 0 saturated carbocycles. The lowest BCUT2D eigenvalue weighted by Gasteiger charge is -2.18. The highest BCUT2D eigenvalue weighted by molar-refractivity contribution is 7.18. The average molecular weight is 533 g/mol. The van der Waals surface area contributed by atoms with Crippen LogP contribution in [0, 0.1) is 0 Å². The molecule has 0 aliphatic heterocycles. The first-order valence-electron chi connectivity index (χ1n) is 12.4. The van der Waals surface area contributed by atoms with Crippen molar-refractivity contribution in [2.45, 2.75) is 39.0 Å². The van der Waals surface area contributed by atoms with E-state index in [0.29, 0.717) is 53.5 Å². The molecule has 0 spiro atoms. The van der Waals surface area contributed by atoms with Gasteiger partial charge in [0.15, 0.2) is 0 Å². The lowest BCUT2D eigenvalue weighted by atomic mass is 9.95. The Labute approximate surface area is 223 Å². The molecular formula is C28H28N4O5S. The van der Waals surface area contributed by atoms with Gasteiger partial charge in [-0.05, 0) is 37.1 Å². The highest BCUT2D eigenvalue weighted by atomic mass is 32.1. The number of pyridine rings is 1. The summed E-state index contributed by atoms with van der Waals surface area (Å²) in [7, 11) is 3.09. The van der Waals surface area contributed by atoms with Crippen molar-refractivity contribution in [2.75, 3.05) is 14.2 Å². The van der Waals surface area contributed by atoms with Crippen LogP contribution in [0.4, 0.5) is 0 Å². The van der Waals surface area contributed by atoms with Gasteiger partial charge in [-0.1, -0.05) is 31.5 Å². The van der Waals surface area contributed by atoms with Gasteiger partial charge in [0.25, 0.3) is 5.89 Å². The standard InChI is InChI=1S/C28H28N4O5S/c1-4-5-9-17-23(24-18(35-2)11-8-12-19(24)36-3)26(33)25(27(34)30-17)28-32-31-21(37-28)14-15-22-29-16-10-6-7-13-20(16)38-22/h6-8,10-13H,4-5,9,14-15H2,1-3H3,(H2,30,33,34). The Hall–Kier alpha value is -4.18. The number of aromatic nitrogens is 4. The van der Waals surface area contributed by atoms with Gasteiger partial charge in [0.05, 0.1) is 46.3 Å². The van der Waals surface area contributed by atoms with Crippen LogP contribution in [0.15, 0.2) is 46.9 Å². The molecular weight excluding hydrogens is 504 g/mol. The van der Waals surface area contributed by atoms with Crippen molar-refractivity contribution in [3.63, 3.8) is 0 Å². The molecule has 0 bridgehead atoms. The third-order valence-electron chi connectivity index (χ3n) is 6.24. The summed E-state index contributed by atoms with van der Waals surface area (Å²) in [5.41, 5.74) is 2.37. The van der Waals surface area contributed by atoms with Gasteiger partial charge >= 0.3 is 0 Å². The Morgan fingerprint density at radius 1 is 0.842 bits per heavy atom. The number of hydrogen-bond donors (Lipinski definition) is 2. The number of unbranched alkanes of at least 4 members (excludes halogenated alkanes) is 1. The van der Waals surface area contributed by atoms with Crippen LogP contribution < -0.4 is 9.47 Å². The van der Waals surface area contributed by atoms with Gasteiger partial charge in [0.1, 0.15) is 22.8 Å². The summed E-state index contributed by atoms with van der Waals surface area (Å²) in [6, 6.07) is 13.3. The number of nitrogens with zero attached hydrogens (tertiary/aromatic N) is 4. The molecule has 5 rings (SSSR count). The topological polar surface area (TPSA) is 124 Å². The number of ether oxygens (including phenoxy) is 2. The minimum Gasteiger partial charge on any atom is -0.506 e. The molecule has 0 aliphatic rings. The first-order valence-corrected chi connectivity index (χ1v) is 13.2. The van der Waals surface area contributed by atoms with Gasteiger partial charge in [-0.25, -0.2) is 9.97 Å². The van der Waals surface area contributed by atoms with E-state index in [0.717, 1.165) is 28.1 Å². The molecule has 0 fully saturated rings. The smallest absolute Gasteiger partial charge is 0.256 e. The number of thiazole rings is 1. The second-order valence-corrected chi connectivity index (χ2v) is 9.81. The Morgan fingerprint density at radius 3 is 2.32 bits per heavy atom. The van der Waals surface area contributed by atoms with Gasteiger partial charge in [-0.15, -0.1) is 21.5 Å². The first-order chi connectivity index (χ1) is 18.5. The van der Waals surface area contributed by atoms with Crippen molar-refractivity contribution in [1.29, 1.82) is 0 Å². The van der Waals surface area contributed by atoms with E-state index in [1.807, 2.05) is 24.3 Å². The average Bonchev–Trinajstić information content (AvgIpc) is 3.57. The number of rotatable bonds is 10. The predicted molar refractivity (Wildman–Crippen MR) is 145 cm³/mol. The highest BCUT2D eigenvalue weighted by Gasteiger charge is 2.28. The highest BCUT2D eigenvalue weighted by Crippen LogP contribution is 2.49. The SMILES string of the molecule is CCCCc1nc(O)c(-c2nnc(CCc3nc4ccccc4s3)o2)c(O)c1-c1c(OC)cccc1OC. The fourth-order valence-electron chi connectivity index (χ4n) is 4.39. The maximum Gasteiger partial charge on any atom is 0.256 e. The number of para-hydroxylation sites is 1. The van der Waals surface area contributed by atoms with E-state index in [-0.39, 0.29) is 23.1 Å². The van der Waals surface area contributed by atoms with Crippen molar-refractivity contribution in [3.8, 4) is 45.7 Å². The van der Waals surface area contributed by atoms with Crippen molar-refractivity contribution < 1.29 is 24.1 Å². The van der Waals surface area contributed by atoms with E-state index < -0.39 is 0 Å². The molecule has 196 valence electrons. The molecule has 3 heterocycles. The summed E-state index contributed by atoms with van der Waals surface area (Å²) in [6.07, 6.45) is 3.34. The van der Waals surface area contributed by atoms with E-state index >= 15 is 0 Å². The van der Waals surface area contributed by atoms with Gasteiger partial charge < -0.3 is 24.1 Å². The van der Waals surface area contributed by atoms with Crippen molar-refractivity contribution in [2.24, 2.45) is 0 Å². The molecule has 10 heteroatoms. The molecule has 0 atom stereocenters. The first kappa shape index (κ1) is 25.5. The normalized spacial score (nSPS) is 11.2. The minimum absolute atomic E-state index is 0.0241. The molecule has 0 saturated heterocycles. The van der Waals surface area contributed by atoms with E-state index in [2.05, 4.69) is 27.1 Å². The summed E-state index contributed by atoms with van der Waals surface area (Å²) in [6.45, 7) is 2.06. The van der Waals surface area contributed by atoms with Crippen LogP contribution in [-0.2, 0) is 19.3 Å². The summed E-state index contributed by atoms with van der Waals surface area (Å²) < 4.78 is 18.2. The number of hydrogen-bond acceptors (Lipinski definition) is 10. The number of methoxy groups -OCH3 is 2. The largest absolute Gasteiger partial charge is 0.506 e. The van der Waals surface area contributed by atoms with Crippen molar-refractivity contribution in [3.05, 3.63) is 59.1 Å². The molecule has 2 aromatic carbocycles. The van der Waals surface area contributed by atoms with E-state index in [9.17, 15) is 10.2 Å². The zero-order valence-corrected chi connectivity index (χ0v) is 22.2. The van der Waals surface area contributed by atoms with Crippen LogP contribution in [0.3, 0.4) is 0 Å². The van der Waals surface area contributed by atoms with Gasteiger partial charge in [-0.3, -0.25) is 0 Å². The number of aryl methyl sites for hydroxylation is 3. The zero-order chi connectivity index (χ0) is 26.6. The Bertz CT molecular complexity index is 1520. The fraction of sp³-hybridized carbons (Fsp3) is 0.286.